The molecule has 0 spiro atoms. The average Bonchev–Trinajstić information content (AvgIpc) is 2.78. The van der Waals surface area contributed by atoms with E-state index in [0.717, 1.165) is 64.3 Å². The minimum Gasteiger partial charge on any atom is -1.00 e. The number of aromatic nitrogens is 1. The van der Waals surface area contributed by atoms with Gasteiger partial charge in [0, 0.05) is 37.8 Å². The van der Waals surface area contributed by atoms with E-state index in [1.54, 1.807) is 0 Å². The van der Waals surface area contributed by atoms with Gasteiger partial charge >= 0.3 is 0 Å². The zero-order valence-electron chi connectivity index (χ0n) is 19.7. The first-order valence-corrected chi connectivity index (χ1v) is 12.4. The molecule has 5 rings (SSSR count). The van der Waals surface area contributed by atoms with Gasteiger partial charge in [-0.15, -0.1) is 11.3 Å². The van der Waals surface area contributed by atoms with Gasteiger partial charge in [0.2, 0.25) is 5.36 Å². The quantitative estimate of drug-likeness (QED) is 0.244. The lowest BCUT2D eigenvalue weighted by atomic mass is 10.0. The van der Waals surface area contributed by atoms with E-state index in [0.29, 0.717) is 0 Å². The number of anilines is 1. The second-order valence-corrected chi connectivity index (χ2v) is 10.2. The lowest BCUT2D eigenvalue weighted by Gasteiger charge is -2.35. The summed E-state index contributed by atoms with van der Waals surface area (Å²) >= 11 is 1.90. The van der Waals surface area contributed by atoms with Crippen molar-refractivity contribution in [1.82, 2.24) is 19.4 Å². The number of halogens is 1. The normalized spacial score (nSPS) is 18.4. The zero-order valence-corrected chi connectivity index (χ0v) is 22.7. The highest BCUT2D eigenvalue weighted by molar-refractivity contribution is 7.21. The van der Waals surface area contributed by atoms with Crippen LogP contribution in [0.3, 0.4) is 0 Å². The smallest absolute Gasteiger partial charge is 0.225 e. The van der Waals surface area contributed by atoms with Crippen LogP contribution in [0.1, 0.15) is 18.1 Å². The van der Waals surface area contributed by atoms with Gasteiger partial charge in [0.05, 0.1) is 33.9 Å². The van der Waals surface area contributed by atoms with Gasteiger partial charge in [-0.05, 0) is 39.1 Å². The van der Waals surface area contributed by atoms with Gasteiger partial charge < -0.3 is 33.8 Å². The lowest BCUT2D eigenvalue weighted by molar-refractivity contribution is -0.00000636. The van der Waals surface area contributed by atoms with E-state index in [4.69, 9.17) is 4.98 Å². The van der Waals surface area contributed by atoms with Crippen molar-refractivity contribution in [2.45, 2.75) is 20.3 Å². The summed E-state index contributed by atoms with van der Waals surface area (Å²) in [5.74, 6) is 0. The Labute approximate surface area is 212 Å². The molecule has 2 fully saturated rings. The number of piperazine rings is 2. The van der Waals surface area contributed by atoms with Crippen molar-refractivity contribution >= 4 is 27.2 Å². The fourth-order valence-corrected chi connectivity index (χ4v) is 6.09. The lowest BCUT2D eigenvalue weighted by Crippen LogP contribution is -3.00. The average molecular weight is 564 g/mol. The number of nitrogens with zero attached hydrogens (tertiary/aromatic N) is 5. The molecule has 1 aromatic rings. The molecule has 0 bridgehead atoms. The Bertz CT molecular complexity index is 1140. The van der Waals surface area contributed by atoms with Crippen LogP contribution in [0.25, 0.3) is 20.8 Å². The van der Waals surface area contributed by atoms with Gasteiger partial charge in [-0.3, -0.25) is 4.90 Å². The number of aryl methyl sites for hydroxylation is 1. The molecule has 7 heteroatoms. The Morgan fingerprint density at radius 1 is 1.00 bits per heavy atom. The molecule has 1 aromatic carbocycles. The summed E-state index contributed by atoms with van der Waals surface area (Å²) in [4.78, 5) is 14.1. The first kappa shape index (κ1) is 23.9. The van der Waals surface area contributed by atoms with Crippen molar-refractivity contribution in [2.75, 3.05) is 71.4 Å². The highest BCUT2D eigenvalue weighted by Gasteiger charge is 2.28. The van der Waals surface area contributed by atoms with Crippen molar-refractivity contribution in [3.63, 3.8) is 0 Å². The Kier molecular flexibility index (Phi) is 7.39. The highest BCUT2D eigenvalue weighted by atomic mass is 127. The maximum atomic E-state index is 5.26. The first-order chi connectivity index (χ1) is 15.0. The van der Waals surface area contributed by atoms with E-state index < -0.39 is 0 Å². The van der Waals surface area contributed by atoms with Crippen LogP contribution >= 0.6 is 11.3 Å². The van der Waals surface area contributed by atoms with E-state index in [2.05, 4.69) is 71.5 Å². The molecule has 1 aliphatic carbocycles. The van der Waals surface area contributed by atoms with Crippen molar-refractivity contribution in [3.05, 3.63) is 40.7 Å². The predicted molar refractivity (Wildman–Crippen MR) is 133 cm³/mol. The van der Waals surface area contributed by atoms with Gasteiger partial charge in [-0.25, -0.2) is 9.56 Å². The van der Waals surface area contributed by atoms with Gasteiger partial charge in [-0.1, -0.05) is 19.1 Å². The van der Waals surface area contributed by atoms with Crippen molar-refractivity contribution in [3.8, 4) is 10.6 Å². The maximum absolute atomic E-state index is 5.26. The molecule has 0 aromatic heterocycles. The molecule has 0 atom stereocenters. The fraction of sp³-hybridized carbons (Fsp3) is 0.520. The number of hydrogen-bond donors (Lipinski definition) is 0. The summed E-state index contributed by atoms with van der Waals surface area (Å²) in [6.45, 7) is 13.3. The molecule has 32 heavy (non-hydrogen) atoms. The van der Waals surface area contributed by atoms with E-state index in [1.165, 1.54) is 37.4 Å². The number of hydrogen-bond acceptors (Lipinski definition) is 5. The van der Waals surface area contributed by atoms with Crippen LogP contribution in [0.15, 0.2) is 24.3 Å². The summed E-state index contributed by atoms with van der Waals surface area (Å²) in [7, 11) is 4.47. The molecule has 3 heterocycles. The summed E-state index contributed by atoms with van der Waals surface area (Å²) in [5.41, 5.74) is 6.51. The van der Waals surface area contributed by atoms with Crippen LogP contribution in [0.2, 0.25) is 0 Å². The summed E-state index contributed by atoms with van der Waals surface area (Å²) in [5, 5.41) is 1.42. The van der Waals surface area contributed by atoms with E-state index >= 15 is 0 Å². The monoisotopic (exact) mass is 563 g/mol. The maximum Gasteiger partial charge on any atom is 0.225 e. The Hall–Kier alpha value is -1.29. The van der Waals surface area contributed by atoms with Crippen LogP contribution in [0.4, 0.5) is 5.69 Å². The van der Waals surface area contributed by atoms with Crippen molar-refractivity contribution < 1.29 is 24.0 Å². The molecule has 0 saturated carbocycles. The molecule has 2 saturated heterocycles. The molecule has 0 amide bonds. The minimum atomic E-state index is 0. The molecule has 0 radical (unpaired) electrons. The topological polar surface area (TPSA) is 25.6 Å². The Morgan fingerprint density at radius 3 is 2.38 bits per heavy atom. The minimum absolute atomic E-state index is 0. The number of fused-ring (bicyclic) bond motifs is 2. The van der Waals surface area contributed by atoms with Crippen LogP contribution in [0.5, 0.6) is 0 Å². The van der Waals surface area contributed by atoms with Gasteiger partial charge in [0.15, 0.2) is 13.1 Å². The molecule has 3 aliphatic heterocycles. The van der Waals surface area contributed by atoms with Crippen LogP contribution in [-0.2, 0) is 6.42 Å². The SMILES string of the molecule is CCc1c2nc3c(C)cccc3sc-2cc(=[N+]2CCN(C)CC2)c1N1CCN(C)CC1.[I-]. The third-order valence-corrected chi connectivity index (χ3v) is 8.06. The van der Waals surface area contributed by atoms with Gasteiger partial charge in [0.25, 0.3) is 0 Å². The van der Waals surface area contributed by atoms with Crippen molar-refractivity contribution in [2.24, 2.45) is 0 Å². The highest BCUT2D eigenvalue weighted by Crippen LogP contribution is 2.36. The van der Waals surface area contributed by atoms with E-state index in [-0.39, 0.29) is 24.0 Å². The zero-order chi connectivity index (χ0) is 21.5. The standard InChI is InChI=1S/C25H34N5S.HI/c1-5-19-24-22(31-21-8-6-7-18(2)23(21)26-24)17-20(29-13-9-27(3)10-14-29)25(19)30-15-11-28(4)12-16-30;/h6-8,17H,5,9-16H2,1-4H3;1H/q+1;/p-1. The molecule has 0 unspecified atom stereocenters. The first-order valence-electron chi connectivity index (χ1n) is 11.6. The molecular formula is C25H34IN5S. The number of para-hydroxylation sites is 1. The number of rotatable bonds is 2. The number of benzene rings is 2. The van der Waals surface area contributed by atoms with E-state index in [1.807, 2.05) is 11.3 Å². The summed E-state index contributed by atoms with van der Waals surface area (Å²) < 4.78 is 3.91. The van der Waals surface area contributed by atoms with Gasteiger partial charge in [0.1, 0.15) is 5.69 Å². The third kappa shape index (κ3) is 4.41. The van der Waals surface area contributed by atoms with Crippen molar-refractivity contribution in [1.29, 1.82) is 0 Å². The second-order valence-electron chi connectivity index (χ2n) is 9.14. The second kappa shape index (κ2) is 9.91. The molecule has 4 aliphatic rings. The van der Waals surface area contributed by atoms with Crippen LogP contribution in [-0.4, -0.2) is 81.2 Å². The fourth-order valence-electron chi connectivity index (χ4n) is 4.97. The molecular weight excluding hydrogens is 529 g/mol. The predicted octanol–water partition coefficient (Wildman–Crippen LogP) is -0.255. The van der Waals surface area contributed by atoms with E-state index in [9.17, 15) is 0 Å². The number of likely N-dealkylation sites (N-methyl/N-ethyl adjacent to an activating group) is 2. The Balaban J connectivity index is 0.00000245. The summed E-state index contributed by atoms with van der Waals surface area (Å²) in [6.07, 6.45) is 1.01. The molecule has 5 nitrogen and oxygen atoms in total. The molecule has 0 N–H and O–H groups in total. The molecule has 172 valence electrons. The third-order valence-electron chi connectivity index (χ3n) is 6.98. The Morgan fingerprint density at radius 2 is 1.69 bits per heavy atom. The van der Waals surface area contributed by atoms with Crippen LogP contribution in [0, 0.1) is 6.92 Å². The van der Waals surface area contributed by atoms with Gasteiger partial charge in [-0.2, -0.15) is 0 Å². The van der Waals surface area contributed by atoms with Crippen LogP contribution < -0.4 is 38.8 Å². The largest absolute Gasteiger partial charge is 1.00 e. The summed E-state index contributed by atoms with van der Waals surface area (Å²) in [6, 6.07) is 9.00.